The number of hydrogen-bond donors (Lipinski definition) is 1. The maximum Gasteiger partial charge on any atom is 0.289 e. The molecule has 1 fully saturated rings. The summed E-state index contributed by atoms with van der Waals surface area (Å²) in [6, 6.07) is 0. The van der Waals surface area contributed by atoms with Gasteiger partial charge in [-0.3, -0.25) is 4.79 Å². The third kappa shape index (κ3) is 2.21. The van der Waals surface area contributed by atoms with Crippen molar-refractivity contribution in [2.24, 2.45) is 5.41 Å². The van der Waals surface area contributed by atoms with Crippen molar-refractivity contribution in [2.45, 2.75) is 26.7 Å². The minimum absolute atomic E-state index is 0.125. The van der Waals surface area contributed by atoms with Crippen molar-refractivity contribution in [3.8, 4) is 0 Å². The summed E-state index contributed by atoms with van der Waals surface area (Å²) in [5, 5.41) is 2.85. The Morgan fingerprint density at radius 1 is 1.56 bits per heavy atom. The SMILES string of the molecule is Cc1nc(C)c(C(=O)NCC2(CCl)CC2)o1. The Balaban J connectivity index is 1.96. The Morgan fingerprint density at radius 3 is 2.69 bits per heavy atom. The Bertz CT molecular complexity index is 410. The summed E-state index contributed by atoms with van der Waals surface area (Å²) in [5.74, 6) is 1.22. The number of aromatic nitrogens is 1. The second-order valence-corrected chi connectivity index (χ2v) is 4.73. The second kappa shape index (κ2) is 4.09. The zero-order chi connectivity index (χ0) is 11.8. The van der Waals surface area contributed by atoms with Gasteiger partial charge in [0, 0.05) is 24.8 Å². The highest BCUT2D eigenvalue weighted by Gasteiger charge is 2.42. The van der Waals surface area contributed by atoms with Crippen LogP contribution in [-0.2, 0) is 0 Å². The molecule has 1 heterocycles. The predicted octanol–water partition coefficient (Wildman–Crippen LogP) is 2.04. The van der Waals surface area contributed by atoms with E-state index in [1.54, 1.807) is 13.8 Å². The lowest BCUT2D eigenvalue weighted by Crippen LogP contribution is -2.31. The predicted molar refractivity (Wildman–Crippen MR) is 60.7 cm³/mol. The number of alkyl halides is 1. The molecule has 1 saturated carbocycles. The highest BCUT2D eigenvalue weighted by molar-refractivity contribution is 6.18. The standard InChI is InChI=1S/C11H15ClN2O2/c1-7-9(16-8(2)14-7)10(15)13-6-11(5-12)3-4-11/h3-6H2,1-2H3,(H,13,15). The van der Waals surface area contributed by atoms with Crippen LogP contribution in [0.3, 0.4) is 0 Å². The van der Waals surface area contributed by atoms with E-state index in [1.807, 2.05) is 0 Å². The monoisotopic (exact) mass is 242 g/mol. The zero-order valence-corrected chi connectivity index (χ0v) is 10.2. The average Bonchev–Trinajstić information content (AvgIpc) is 2.96. The molecule has 2 rings (SSSR count). The molecule has 0 unspecified atom stereocenters. The van der Waals surface area contributed by atoms with E-state index in [0.717, 1.165) is 12.8 Å². The van der Waals surface area contributed by atoms with E-state index in [0.29, 0.717) is 29.8 Å². The Kier molecular flexibility index (Phi) is 2.93. The number of rotatable bonds is 4. The molecule has 1 amide bonds. The molecule has 0 aliphatic heterocycles. The third-order valence-corrected chi connectivity index (χ3v) is 3.54. The number of halogens is 1. The van der Waals surface area contributed by atoms with Gasteiger partial charge in [-0.1, -0.05) is 0 Å². The third-order valence-electron chi connectivity index (χ3n) is 2.97. The molecule has 1 aliphatic carbocycles. The maximum atomic E-state index is 11.8. The normalized spacial score (nSPS) is 17.2. The Labute approximate surface area is 99.4 Å². The van der Waals surface area contributed by atoms with E-state index in [9.17, 15) is 4.79 Å². The van der Waals surface area contributed by atoms with Crippen LogP contribution in [0.5, 0.6) is 0 Å². The van der Waals surface area contributed by atoms with Gasteiger partial charge in [-0.05, 0) is 19.8 Å². The van der Waals surface area contributed by atoms with E-state index in [2.05, 4.69) is 10.3 Å². The van der Waals surface area contributed by atoms with Crippen LogP contribution in [-0.4, -0.2) is 23.3 Å². The summed E-state index contributed by atoms with van der Waals surface area (Å²) >= 11 is 5.83. The lowest BCUT2D eigenvalue weighted by atomic mass is 10.1. The van der Waals surface area contributed by atoms with E-state index < -0.39 is 0 Å². The van der Waals surface area contributed by atoms with Gasteiger partial charge in [-0.15, -0.1) is 11.6 Å². The highest BCUT2D eigenvalue weighted by Crippen LogP contribution is 2.45. The van der Waals surface area contributed by atoms with Gasteiger partial charge in [0.1, 0.15) is 0 Å². The van der Waals surface area contributed by atoms with E-state index >= 15 is 0 Å². The first-order valence-electron chi connectivity index (χ1n) is 5.34. The lowest BCUT2D eigenvalue weighted by molar-refractivity contribution is 0.0916. The van der Waals surface area contributed by atoms with Gasteiger partial charge < -0.3 is 9.73 Å². The minimum Gasteiger partial charge on any atom is -0.436 e. The van der Waals surface area contributed by atoms with Gasteiger partial charge >= 0.3 is 0 Å². The van der Waals surface area contributed by atoms with Crippen LogP contribution in [0.2, 0.25) is 0 Å². The summed E-state index contributed by atoms with van der Waals surface area (Å²) in [6.07, 6.45) is 2.18. The molecule has 5 heteroatoms. The lowest BCUT2D eigenvalue weighted by Gasteiger charge is -2.11. The van der Waals surface area contributed by atoms with Gasteiger partial charge in [0.25, 0.3) is 5.91 Å². The molecule has 0 spiro atoms. The largest absolute Gasteiger partial charge is 0.436 e. The average molecular weight is 243 g/mol. The van der Waals surface area contributed by atoms with Crippen LogP contribution in [0, 0.1) is 19.3 Å². The molecule has 0 bridgehead atoms. The highest BCUT2D eigenvalue weighted by atomic mass is 35.5. The van der Waals surface area contributed by atoms with E-state index in [1.165, 1.54) is 0 Å². The number of aryl methyl sites for hydroxylation is 2. The van der Waals surface area contributed by atoms with Crippen molar-refractivity contribution in [3.05, 3.63) is 17.3 Å². The molecule has 0 saturated heterocycles. The molecule has 1 N–H and O–H groups in total. The summed E-state index contributed by atoms with van der Waals surface area (Å²) in [5.41, 5.74) is 0.755. The van der Waals surface area contributed by atoms with Crippen molar-refractivity contribution >= 4 is 17.5 Å². The first-order valence-corrected chi connectivity index (χ1v) is 5.88. The molecular weight excluding hydrogens is 228 g/mol. The summed E-state index contributed by atoms with van der Waals surface area (Å²) in [4.78, 5) is 15.8. The summed E-state index contributed by atoms with van der Waals surface area (Å²) < 4.78 is 5.24. The maximum absolute atomic E-state index is 11.8. The van der Waals surface area contributed by atoms with Gasteiger partial charge in [0.15, 0.2) is 5.89 Å². The van der Waals surface area contributed by atoms with Crippen LogP contribution in [0.1, 0.15) is 35.0 Å². The fourth-order valence-corrected chi connectivity index (χ4v) is 1.99. The number of nitrogens with one attached hydrogen (secondary N) is 1. The molecule has 0 atom stereocenters. The van der Waals surface area contributed by atoms with E-state index in [-0.39, 0.29) is 11.3 Å². The number of oxazole rings is 1. The van der Waals surface area contributed by atoms with Gasteiger partial charge in [0.2, 0.25) is 5.76 Å². The zero-order valence-electron chi connectivity index (χ0n) is 9.47. The van der Waals surface area contributed by atoms with Crippen molar-refractivity contribution in [1.82, 2.24) is 10.3 Å². The number of amides is 1. The van der Waals surface area contributed by atoms with Gasteiger partial charge in [0.05, 0.1) is 5.69 Å². The van der Waals surface area contributed by atoms with Crippen molar-refractivity contribution in [2.75, 3.05) is 12.4 Å². The van der Waals surface area contributed by atoms with Crippen LogP contribution in [0.15, 0.2) is 4.42 Å². The molecular formula is C11H15ClN2O2. The molecule has 1 aromatic rings. The quantitative estimate of drug-likeness (QED) is 0.822. The van der Waals surface area contributed by atoms with E-state index in [4.69, 9.17) is 16.0 Å². The minimum atomic E-state index is -0.200. The first-order chi connectivity index (χ1) is 7.56. The van der Waals surface area contributed by atoms with Crippen molar-refractivity contribution < 1.29 is 9.21 Å². The molecule has 88 valence electrons. The molecule has 16 heavy (non-hydrogen) atoms. The van der Waals surface area contributed by atoms with Gasteiger partial charge in [-0.2, -0.15) is 0 Å². The second-order valence-electron chi connectivity index (χ2n) is 4.46. The number of carbonyl (C=O) groups excluding carboxylic acids is 1. The number of hydrogen-bond acceptors (Lipinski definition) is 3. The number of carbonyl (C=O) groups is 1. The smallest absolute Gasteiger partial charge is 0.289 e. The van der Waals surface area contributed by atoms with Crippen LogP contribution < -0.4 is 5.32 Å². The first kappa shape index (κ1) is 11.5. The molecule has 0 aromatic carbocycles. The van der Waals surface area contributed by atoms with Crippen molar-refractivity contribution in [3.63, 3.8) is 0 Å². The topological polar surface area (TPSA) is 55.1 Å². The fourth-order valence-electron chi connectivity index (χ4n) is 1.62. The van der Waals surface area contributed by atoms with Gasteiger partial charge in [-0.25, -0.2) is 4.98 Å². The summed E-state index contributed by atoms with van der Waals surface area (Å²) in [7, 11) is 0. The Hall–Kier alpha value is -1.03. The van der Waals surface area contributed by atoms with Crippen molar-refractivity contribution in [1.29, 1.82) is 0 Å². The van der Waals surface area contributed by atoms with Crippen LogP contribution in [0.25, 0.3) is 0 Å². The molecule has 0 radical (unpaired) electrons. The van der Waals surface area contributed by atoms with Crippen LogP contribution in [0.4, 0.5) is 0 Å². The Morgan fingerprint density at radius 2 is 2.25 bits per heavy atom. The molecule has 1 aromatic heterocycles. The fraction of sp³-hybridized carbons (Fsp3) is 0.636. The molecule has 4 nitrogen and oxygen atoms in total. The molecule has 1 aliphatic rings. The summed E-state index contributed by atoms with van der Waals surface area (Å²) in [6.45, 7) is 4.11. The number of nitrogens with zero attached hydrogens (tertiary/aromatic N) is 1. The van der Waals surface area contributed by atoms with Crippen LogP contribution >= 0.6 is 11.6 Å².